The van der Waals surface area contributed by atoms with Crippen LogP contribution in [0.3, 0.4) is 0 Å². The summed E-state index contributed by atoms with van der Waals surface area (Å²) in [7, 11) is 1.59. The molecular formula is C23H28NO5-. The van der Waals surface area contributed by atoms with Crippen molar-refractivity contribution in [2.24, 2.45) is 5.41 Å². The van der Waals surface area contributed by atoms with Gasteiger partial charge in [0.25, 0.3) is 0 Å². The summed E-state index contributed by atoms with van der Waals surface area (Å²) in [5, 5.41) is 21.8. The molecule has 2 aromatic carbocycles. The van der Waals surface area contributed by atoms with E-state index in [0.29, 0.717) is 18.1 Å². The lowest BCUT2D eigenvalue weighted by Crippen LogP contribution is -2.42. The molecule has 3 unspecified atom stereocenters. The van der Waals surface area contributed by atoms with Gasteiger partial charge in [0, 0.05) is 30.8 Å². The van der Waals surface area contributed by atoms with Crippen molar-refractivity contribution in [2.45, 2.75) is 32.3 Å². The first-order chi connectivity index (χ1) is 13.8. The molecule has 2 aromatic rings. The number of rotatable bonds is 7. The molecule has 3 atom stereocenters. The van der Waals surface area contributed by atoms with Crippen LogP contribution in [0.1, 0.15) is 30.9 Å². The van der Waals surface area contributed by atoms with Gasteiger partial charge in [-0.1, -0.05) is 43.3 Å². The maximum atomic E-state index is 11.4. The highest BCUT2D eigenvalue weighted by atomic mass is 16.5. The largest absolute Gasteiger partial charge is 0.530 e. The first kappa shape index (κ1) is 21.0. The zero-order chi connectivity index (χ0) is 21.0. The van der Waals surface area contributed by atoms with Crippen LogP contribution < -0.4 is 14.6 Å². The second kappa shape index (κ2) is 8.74. The first-order valence-corrected chi connectivity index (χ1v) is 9.84. The highest BCUT2D eigenvalue weighted by molar-refractivity contribution is 5.63. The van der Waals surface area contributed by atoms with Crippen molar-refractivity contribution in [3.05, 3.63) is 59.7 Å². The maximum absolute atomic E-state index is 11.4. The molecule has 0 aromatic heterocycles. The smallest absolute Gasteiger partial charge is 0.161 e. The molecule has 0 bridgehead atoms. The van der Waals surface area contributed by atoms with Crippen molar-refractivity contribution < 1.29 is 24.5 Å². The Morgan fingerprint density at radius 2 is 2.00 bits per heavy atom. The van der Waals surface area contributed by atoms with Gasteiger partial charge >= 0.3 is 0 Å². The van der Waals surface area contributed by atoms with E-state index in [2.05, 4.69) is 12.1 Å². The van der Waals surface area contributed by atoms with Gasteiger partial charge in [-0.3, -0.25) is 0 Å². The number of hydrogen-bond donors (Lipinski definition) is 1. The fraction of sp³-hybridized carbons (Fsp3) is 0.435. The van der Waals surface area contributed by atoms with E-state index in [1.807, 2.05) is 43.3 Å². The van der Waals surface area contributed by atoms with E-state index in [0.717, 1.165) is 12.0 Å². The number of aliphatic hydroxyl groups excluding tert-OH is 1. The van der Waals surface area contributed by atoms with Crippen LogP contribution in [0.5, 0.6) is 11.5 Å². The summed E-state index contributed by atoms with van der Waals surface area (Å²) >= 11 is 0. The monoisotopic (exact) mass is 398 g/mol. The Labute approximate surface area is 171 Å². The Balaban J connectivity index is 1.82. The molecule has 0 aliphatic carbocycles. The molecule has 156 valence electrons. The van der Waals surface area contributed by atoms with Crippen LogP contribution in [0.4, 0.5) is 4.79 Å². The molecule has 1 amide bonds. The van der Waals surface area contributed by atoms with E-state index in [4.69, 9.17) is 9.47 Å². The number of carbonyl (C=O) groups excluding carboxylic acids is 1. The molecule has 0 spiro atoms. The fourth-order valence-corrected chi connectivity index (χ4v) is 4.01. The molecule has 6 nitrogen and oxygen atoms in total. The van der Waals surface area contributed by atoms with Gasteiger partial charge in [-0.05, 0) is 30.2 Å². The third-order valence-electron chi connectivity index (χ3n) is 6.02. The number of hydrogen-bond acceptors (Lipinski definition) is 5. The molecule has 0 radical (unpaired) electrons. The Bertz CT molecular complexity index is 838. The van der Waals surface area contributed by atoms with Gasteiger partial charge in [0.2, 0.25) is 0 Å². The van der Waals surface area contributed by atoms with Gasteiger partial charge in [0.05, 0.1) is 19.8 Å². The second-order valence-electron chi connectivity index (χ2n) is 7.88. The summed E-state index contributed by atoms with van der Waals surface area (Å²) < 4.78 is 11.4. The second-order valence-corrected chi connectivity index (χ2v) is 7.88. The predicted molar refractivity (Wildman–Crippen MR) is 108 cm³/mol. The van der Waals surface area contributed by atoms with Crippen molar-refractivity contribution in [3.63, 3.8) is 0 Å². The fourth-order valence-electron chi connectivity index (χ4n) is 4.01. The molecule has 1 N–H and O–H groups in total. The average Bonchev–Trinajstić information content (AvgIpc) is 3.08. The molecular weight excluding hydrogens is 370 g/mol. The Morgan fingerprint density at radius 3 is 2.62 bits per heavy atom. The van der Waals surface area contributed by atoms with E-state index >= 15 is 0 Å². The molecule has 1 aliphatic heterocycles. The van der Waals surface area contributed by atoms with Gasteiger partial charge in [0.1, 0.15) is 6.09 Å². The maximum Gasteiger partial charge on any atom is 0.161 e. The van der Waals surface area contributed by atoms with E-state index in [9.17, 15) is 15.0 Å². The number of ether oxygens (including phenoxy) is 2. The Hall–Kier alpha value is -2.73. The number of benzene rings is 2. The lowest BCUT2D eigenvalue weighted by Gasteiger charge is -2.34. The third-order valence-corrected chi connectivity index (χ3v) is 6.02. The first-order valence-electron chi connectivity index (χ1n) is 9.84. The SMILES string of the molecule is COc1ccc(C2CN(C(=O)[O-])CC2(C)C(C)O)cc1OCCc1ccccc1. The van der Waals surface area contributed by atoms with E-state index in [1.165, 1.54) is 10.5 Å². The molecule has 1 fully saturated rings. The topological polar surface area (TPSA) is 82.1 Å². The number of aliphatic hydroxyl groups is 1. The van der Waals surface area contributed by atoms with Crippen molar-refractivity contribution >= 4 is 6.09 Å². The van der Waals surface area contributed by atoms with Crippen molar-refractivity contribution in [1.82, 2.24) is 4.90 Å². The number of nitrogens with zero attached hydrogens (tertiary/aromatic N) is 1. The van der Waals surface area contributed by atoms with Gasteiger partial charge < -0.3 is 29.4 Å². The van der Waals surface area contributed by atoms with Gasteiger partial charge in [-0.25, -0.2) is 0 Å². The molecule has 29 heavy (non-hydrogen) atoms. The zero-order valence-corrected chi connectivity index (χ0v) is 17.1. The zero-order valence-electron chi connectivity index (χ0n) is 17.1. The minimum absolute atomic E-state index is 0.178. The van der Waals surface area contributed by atoms with Crippen molar-refractivity contribution in [1.29, 1.82) is 0 Å². The van der Waals surface area contributed by atoms with Crippen LogP contribution in [0.15, 0.2) is 48.5 Å². The van der Waals surface area contributed by atoms with Crippen LogP contribution in [-0.2, 0) is 6.42 Å². The van der Waals surface area contributed by atoms with Gasteiger partial charge in [-0.15, -0.1) is 0 Å². The summed E-state index contributed by atoms with van der Waals surface area (Å²) in [6.07, 6.45) is -1.13. The summed E-state index contributed by atoms with van der Waals surface area (Å²) in [5.41, 5.74) is 1.48. The summed E-state index contributed by atoms with van der Waals surface area (Å²) in [6.45, 7) is 4.61. The quantitative estimate of drug-likeness (QED) is 0.775. The number of methoxy groups -OCH3 is 1. The lowest BCUT2D eigenvalue weighted by molar-refractivity contribution is -0.264. The van der Waals surface area contributed by atoms with E-state index in [1.54, 1.807) is 14.0 Å². The van der Waals surface area contributed by atoms with Crippen LogP contribution >= 0.6 is 0 Å². The third kappa shape index (κ3) is 4.48. The molecule has 1 aliphatic rings. The van der Waals surface area contributed by atoms with Crippen LogP contribution in [-0.4, -0.2) is 49.0 Å². The molecule has 6 heteroatoms. The highest BCUT2D eigenvalue weighted by Gasteiger charge is 2.47. The summed E-state index contributed by atoms with van der Waals surface area (Å²) in [4.78, 5) is 12.7. The van der Waals surface area contributed by atoms with Crippen molar-refractivity contribution in [3.8, 4) is 11.5 Å². The lowest BCUT2D eigenvalue weighted by atomic mass is 9.72. The standard InChI is InChI=1S/C23H29NO5/c1-16(25)23(2)15-24(22(26)27)14-19(23)18-9-10-20(28-3)21(13-18)29-12-11-17-7-5-4-6-8-17/h4-10,13,16,19,25H,11-12,14-15H2,1-3H3,(H,26,27)/p-1. The van der Waals surface area contributed by atoms with Gasteiger partial charge in [-0.2, -0.15) is 0 Å². The van der Waals surface area contributed by atoms with Crippen molar-refractivity contribution in [2.75, 3.05) is 26.8 Å². The van der Waals surface area contributed by atoms with Crippen LogP contribution in [0.25, 0.3) is 0 Å². The summed E-state index contributed by atoms with van der Waals surface area (Å²) in [6, 6.07) is 15.7. The molecule has 3 rings (SSSR count). The number of amides is 1. The average molecular weight is 398 g/mol. The number of likely N-dealkylation sites (tertiary alicyclic amines) is 1. The molecule has 0 saturated carbocycles. The number of carboxylic acid groups (broad SMARTS) is 1. The predicted octanol–water partition coefficient (Wildman–Crippen LogP) is 2.45. The molecule has 1 saturated heterocycles. The van der Waals surface area contributed by atoms with Crippen LogP contribution in [0.2, 0.25) is 0 Å². The van der Waals surface area contributed by atoms with Gasteiger partial charge in [0.15, 0.2) is 11.5 Å². The normalized spacial score (nSPS) is 22.3. The van der Waals surface area contributed by atoms with E-state index < -0.39 is 17.6 Å². The molecule has 1 heterocycles. The minimum atomic E-state index is -1.22. The summed E-state index contributed by atoms with van der Waals surface area (Å²) in [5.74, 6) is 1.05. The highest BCUT2D eigenvalue weighted by Crippen LogP contribution is 2.46. The minimum Gasteiger partial charge on any atom is -0.530 e. The van der Waals surface area contributed by atoms with E-state index in [-0.39, 0.29) is 19.0 Å². The van der Waals surface area contributed by atoms with Crippen LogP contribution in [0, 0.1) is 5.41 Å². The Kier molecular flexibility index (Phi) is 6.33. The Morgan fingerprint density at radius 1 is 1.28 bits per heavy atom. The number of carbonyl (C=O) groups is 1.